The number of carbonyl (C=O) groups is 1. The first kappa shape index (κ1) is 12.9. The van der Waals surface area contributed by atoms with Crippen molar-refractivity contribution < 1.29 is 9.18 Å². The highest BCUT2D eigenvalue weighted by Crippen LogP contribution is 2.44. The Morgan fingerprint density at radius 1 is 1.37 bits per heavy atom. The molecule has 2 saturated carbocycles. The fourth-order valence-electron chi connectivity index (χ4n) is 3.52. The molecule has 102 valence electrons. The summed E-state index contributed by atoms with van der Waals surface area (Å²) < 4.78 is 13.6. The second-order valence-corrected chi connectivity index (χ2v) is 6.20. The SMILES string of the molecule is O=C(Cc1ccc(Cl)cc1F)N[C@H]1C[C@H]2CC[C@H]1C2. The van der Waals surface area contributed by atoms with E-state index in [0.717, 1.165) is 12.3 Å². The van der Waals surface area contributed by atoms with E-state index in [9.17, 15) is 9.18 Å². The van der Waals surface area contributed by atoms with E-state index in [2.05, 4.69) is 5.32 Å². The summed E-state index contributed by atoms with van der Waals surface area (Å²) in [6.07, 6.45) is 4.98. The van der Waals surface area contributed by atoms with Gasteiger partial charge in [-0.2, -0.15) is 0 Å². The van der Waals surface area contributed by atoms with Crippen LogP contribution in [-0.4, -0.2) is 11.9 Å². The average Bonchev–Trinajstić information content (AvgIpc) is 2.95. The van der Waals surface area contributed by atoms with Crippen molar-refractivity contribution in [3.8, 4) is 0 Å². The zero-order valence-corrected chi connectivity index (χ0v) is 11.4. The molecule has 0 radical (unpaired) electrons. The van der Waals surface area contributed by atoms with E-state index < -0.39 is 5.82 Å². The van der Waals surface area contributed by atoms with Crippen LogP contribution < -0.4 is 5.32 Å². The Balaban J connectivity index is 1.59. The Bertz CT molecular complexity index is 505. The first-order valence-corrected chi connectivity index (χ1v) is 7.23. The lowest BCUT2D eigenvalue weighted by molar-refractivity contribution is -0.121. The molecule has 2 aliphatic carbocycles. The lowest BCUT2D eigenvalue weighted by Crippen LogP contribution is -2.39. The van der Waals surface area contributed by atoms with Gasteiger partial charge in [-0.15, -0.1) is 0 Å². The smallest absolute Gasteiger partial charge is 0.224 e. The Labute approximate surface area is 117 Å². The van der Waals surface area contributed by atoms with Crippen LogP contribution in [0, 0.1) is 17.7 Å². The van der Waals surface area contributed by atoms with Crippen molar-refractivity contribution in [2.45, 2.75) is 38.1 Å². The van der Waals surface area contributed by atoms with E-state index in [0.29, 0.717) is 22.5 Å². The minimum atomic E-state index is -0.407. The summed E-state index contributed by atoms with van der Waals surface area (Å²) >= 11 is 5.69. The fraction of sp³-hybridized carbons (Fsp3) is 0.533. The summed E-state index contributed by atoms with van der Waals surface area (Å²) in [6, 6.07) is 4.76. The van der Waals surface area contributed by atoms with Gasteiger partial charge in [0.25, 0.3) is 0 Å². The van der Waals surface area contributed by atoms with Crippen molar-refractivity contribution in [2.75, 3.05) is 0 Å². The quantitative estimate of drug-likeness (QED) is 0.905. The molecule has 0 saturated heterocycles. The van der Waals surface area contributed by atoms with Gasteiger partial charge in [0.2, 0.25) is 5.91 Å². The molecule has 2 aliphatic rings. The Morgan fingerprint density at radius 2 is 2.21 bits per heavy atom. The standard InChI is InChI=1S/C15H17ClFNO/c16-12-4-3-10(13(17)8-12)7-15(19)18-14-6-9-1-2-11(14)5-9/h3-4,8-9,11,14H,1-2,5-7H2,(H,18,19)/t9-,11-,14-/m0/s1. The highest BCUT2D eigenvalue weighted by Gasteiger charge is 2.39. The zero-order valence-electron chi connectivity index (χ0n) is 10.7. The maximum Gasteiger partial charge on any atom is 0.224 e. The number of halogens is 2. The Kier molecular flexibility index (Phi) is 3.48. The lowest BCUT2D eigenvalue weighted by atomic mass is 9.95. The molecule has 0 aliphatic heterocycles. The van der Waals surface area contributed by atoms with Crippen LogP contribution in [0.3, 0.4) is 0 Å². The normalized spacial score (nSPS) is 28.6. The van der Waals surface area contributed by atoms with Gasteiger partial charge in [-0.25, -0.2) is 4.39 Å². The number of rotatable bonds is 3. The van der Waals surface area contributed by atoms with Crippen molar-refractivity contribution >= 4 is 17.5 Å². The Hall–Kier alpha value is -1.09. The van der Waals surface area contributed by atoms with Crippen molar-refractivity contribution in [1.82, 2.24) is 5.32 Å². The van der Waals surface area contributed by atoms with Crippen LogP contribution in [-0.2, 0) is 11.2 Å². The number of amides is 1. The summed E-state index contributed by atoms with van der Waals surface area (Å²) in [4.78, 5) is 12.0. The van der Waals surface area contributed by atoms with Gasteiger partial charge in [0, 0.05) is 11.1 Å². The van der Waals surface area contributed by atoms with Crippen molar-refractivity contribution in [2.24, 2.45) is 11.8 Å². The van der Waals surface area contributed by atoms with Crippen molar-refractivity contribution in [1.29, 1.82) is 0 Å². The highest BCUT2D eigenvalue weighted by atomic mass is 35.5. The van der Waals surface area contributed by atoms with Crippen LogP contribution in [0.15, 0.2) is 18.2 Å². The molecule has 1 aromatic carbocycles. The van der Waals surface area contributed by atoms with Crippen LogP contribution in [0.1, 0.15) is 31.2 Å². The topological polar surface area (TPSA) is 29.1 Å². The molecule has 19 heavy (non-hydrogen) atoms. The van der Waals surface area contributed by atoms with E-state index in [-0.39, 0.29) is 12.3 Å². The summed E-state index contributed by atoms with van der Waals surface area (Å²) in [5.41, 5.74) is 0.407. The molecule has 0 heterocycles. The van der Waals surface area contributed by atoms with E-state index in [1.165, 1.54) is 25.3 Å². The van der Waals surface area contributed by atoms with Crippen LogP contribution in [0.4, 0.5) is 4.39 Å². The molecule has 0 spiro atoms. The minimum absolute atomic E-state index is 0.0845. The van der Waals surface area contributed by atoms with E-state index in [4.69, 9.17) is 11.6 Å². The van der Waals surface area contributed by atoms with Gasteiger partial charge < -0.3 is 5.32 Å². The molecular formula is C15H17ClFNO. The van der Waals surface area contributed by atoms with Crippen molar-refractivity contribution in [3.63, 3.8) is 0 Å². The molecule has 3 atom stereocenters. The molecule has 2 fully saturated rings. The molecule has 3 rings (SSSR count). The summed E-state index contributed by atoms with van der Waals surface area (Å²) in [5, 5.41) is 3.42. The molecule has 2 nitrogen and oxygen atoms in total. The molecule has 0 aromatic heterocycles. The highest BCUT2D eigenvalue weighted by molar-refractivity contribution is 6.30. The third-order valence-corrected chi connectivity index (χ3v) is 4.69. The number of carbonyl (C=O) groups excluding carboxylic acids is 1. The average molecular weight is 282 g/mol. The minimum Gasteiger partial charge on any atom is -0.353 e. The largest absolute Gasteiger partial charge is 0.353 e. The summed E-state index contributed by atoms with van der Waals surface area (Å²) in [6.45, 7) is 0. The summed E-state index contributed by atoms with van der Waals surface area (Å²) in [7, 11) is 0. The molecule has 1 amide bonds. The van der Waals surface area contributed by atoms with Gasteiger partial charge >= 0.3 is 0 Å². The van der Waals surface area contributed by atoms with Crippen LogP contribution >= 0.6 is 11.6 Å². The number of hydrogen-bond acceptors (Lipinski definition) is 1. The van der Waals surface area contributed by atoms with Gasteiger partial charge in [0.1, 0.15) is 5.82 Å². The predicted octanol–water partition coefficient (Wildman–Crippen LogP) is 3.33. The zero-order chi connectivity index (χ0) is 13.4. The monoisotopic (exact) mass is 281 g/mol. The van der Waals surface area contributed by atoms with Gasteiger partial charge in [0.05, 0.1) is 6.42 Å². The van der Waals surface area contributed by atoms with Gasteiger partial charge in [0.15, 0.2) is 0 Å². The first-order chi connectivity index (χ1) is 9.11. The number of hydrogen-bond donors (Lipinski definition) is 1. The number of fused-ring (bicyclic) bond motifs is 2. The van der Waals surface area contributed by atoms with E-state index in [1.54, 1.807) is 12.1 Å². The second kappa shape index (κ2) is 5.12. The van der Waals surface area contributed by atoms with Crippen LogP contribution in [0.5, 0.6) is 0 Å². The van der Waals surface area contributed by atoms with Gasteiger partial charge in [-0.3, -0.25) is 4.79 Å². The molecule has 2 bridgehead atoms. The van der Waals surface area contributed by atoms with Gasteiger partial charge in [-0.1, -0.05) is 24.1 Å². The maximum absolute atomic E-state index is 13.6. The summed E-state index contributed by atoms with van der Waals surface area (Å²) in [5.74, 6) is 0.945. The fourth-order valence-corrected chi connectivity index (χ4v) is 3.68. The maximum atomic E-state index is 13.6. The van der Waals surface area contributed by atoms with Crippen LogP contribution in [0.25, 0.3) is 0 Å². The molecule has 1 N–H and O–H groups in total. The number of benzene rings is 1. The van der Waals surface area contributed by atoms with Crippen molar-refractivity contribution in [3.05, 3.63) is 34.6 Å². The molecular weight excluding hydrogens is 265 g/mol. The molecule has 0 unspecified atom stereocenters. The first-order valence-electron chi connectivity index (χ1n) is 6.85. The molecule has 4 heteroatoms. The third kappa shape index (κ3) is 2.76. The van der Waals surface area contributed by atoms with E-state index in [1.807, 2.05) is 0 Å². The van der Waals surface area contributed by atoms with Gasteiger partial charge in [-0.05, 0) is 48.8 Å². The Morgan fingerprint density at radius 3 is 2.84 bits per heavy atom. The number of nitrogens with one attached hydrogen (secondary N) is 1. The lowest BCUT2D eigenvalue weighted by Gasteiger charge is -2.22. The predicted molar refractivity (Wildman–Crippen MR) is 72.5 cm³/mol. The molecule has 1 aromatic rings. The third-order valence-electron chi connectivity index (χ3n) is 4.45. The van der Waals surface area contributed by atoms with Crippen LogP contribution in [0.2, 0.25) is 5.02 Å². The van der Waals surface area contributed by atoms with E-state index >= 15 is 0 Å². The second-order valence-electron chi connectivity index (χ2n) is 5.76.